The normalized spacial score (nSPS) is 27.2. The number of hydrogen-bond donors (Lipinski definition) is 1. The quantitative estimate of drug-likeness (QED) is 0.564. The highest BCUT2D eigenvalue weighted by atomic mass is 15.4. The van der Waals surface area contributed by atoms with Crippen molar-refractivity contribution in [2.75, 3.05) is 13.1 Å². The molecule has 2 N–H and O–H groups in total. The third kappa shape index (κ3) is 1.99. The van der Waals surface area contributed by atoms with Crippen molar-refractivity contribution >= 4 is 0 Å². The molecule has 2 fully saturated rings. The lowest BCUT2D eigenvalue weighted by atomic mass is 9.86. The molecular formula is C10H22N2. The molecule has 0 aromatic heterocycles. The van der Waals surface area contributed by atoms with E-state index in [9.17, 15) is 0 Å². The van der Waals surface area contributed by atoms with Crippen LogP contribution in [-0.2, 0) is 0 Å². The molecule has 12 heavy (non-hydrogen) atoms. The summed E-state index contributed by atoms with van der Waals surface area (Å²) in [5.41, 5.74) is 0.661. The second-order valence-corrected chi connectivity index (χ2v) is 3.93. The smallest absolute Gasteiger partial charge is 0.0185 e. The number of nitrogens with two attached hydrogens (primary N) is 1. The van der Waals surface area contributed by atoms with Crippen LogP contribution >= 0.6 is 0 Å². The van der Waals surface area contributed by atoms with Crippen molar-refractivity contribution in [1.29, 1.82) is 0 Å². The molecule has 2 aliphatic rings. The fourth-order valence-electron chi connectivity index (χ4n) is 2.50. The van der Waals surface area contributed by atoms with Gasteiger partial charge in [0.1, 0.15) is 0 Å². The Kier molecular flexibility index (Phi) is 3.53. The number of rotatable bonds is 0. The van der Waals surface area contributed by atoms with Crippen molar-refractivity contribution in [3.05, 3.63) is 0 Å². The first-order valence-corrected chi connectivity index (χ1v) is 5.30. The average molecular weight is 170 g/mol. The molecule has 0 bridgehead atoms. The van der Waals surface area contributed by atoms with Crippen LogP contribution in [0.3, 0.4) is 0 Å². The molecule has 1 aliphatic heterocycles. The molecule has 2 nitrogen and oxygen atoms in total. The third-order valence-electron chi connectivity index (χ3n) is 3.13. The van der Waals surface area contributed by atoms with Gasteiger partial charge < -0.3 is 0 Å². The Morgan fingerprint density at radius 1 is 1.08 bits per heavy atom. The van der Waals surface area contributed by atoms with E-state index in [1.807, 2.05) is 18.9 Å². The van der Waals surface area contributed by atoms with E-state index in [0.717, 1.165) is 13.1 Å². The maximum absolute atomic E-state index is 5.72. The SMILES string of the molecule is CC.NN1CCC2(CCCC2)C1. The Bertz CT molecular complexity index is 128. The molecule has 0 radical (unpaired) electrons. The second-order valence-electron chi connectivity index (χ2n) is 3.93. The van der Waals surface area contributed by atoms with E-state index >= 15 is 0 Å². The molecule has 0 aromatic rings. The molecule has 0 aromatic carbocycles. The van der Waals surface area contributed by atoms with Crippen molar-refractivity contribution in [3.8, 4) is 0 Å². The standard InChI is InChI=1S/C8H16N2.C2H6/c9-10-6-5-8(7-10)3-1-2-4-8;1-2/h1-7,9H2;1-2H3. The molecule has 0 atom stereocenters. The lowest BCUT2D eigenvalue weighted by Gasteiger charge is -2.21. The van der Waals surface area contributed by atoms with Gasteiger partial charge in [0.05, 0.1) is 0 Å². The molecular weight excluding hydrogens is 148 g/mol. The van der Waals surface area contributed by atoms with Crippen molar-refractivity contribution in [3.63, 3.8) is 0 Å². The van der Waals surface area contributed by atoms with Gasteiger partial charge in [-0.15, -0.1) is 0 Å². The summed E-state index contributed by atoms with van der Waals surface area (Å²) in [6, 6.07) is 0. The van der Waals surface area contributed by atoms with E-state index in [2.05, 4.69) is 0 Å². The summed E-state index contributed by atoms with van der Waals surface area (Å²) in [5.74, 6) is 5.72. The van der Waals surface area contributed by atoms with Crippen LogP contribution in [0.25, 0.3) is 0 Å². The molecule has 0 unspecified atom stereocenters. The number of hydrogen-bond acceptors (Lipinski definition) is 2. The zero-order valence-electron chi connectivity index (χ0n) is 8.47. The lowest BCUT2D eigenvalue weighted by Crippen LogP contribution is -2.30. The summed E-state index contributed by atoms with van der Waals surface area (Å²) >= 11 is 0. The Morgan fingerprint density at radius 3 is 2.08 bits per heavy atom. The monoisotopic (exact) mass is 170 g/mol. The maximum atomic E-state index is 5.72. The van der Waals surface area contributed by atoms with Gasteiger partial charge in [-0.25, -0.2) is 5.01 Å². The van der Waals surface area contributed by atoms with E-state index in [-0.39, 0.29) is 0 Å². The van der Waals surface area contributed by atoms with Crippen LogP contribution in [-0.4, -0.2) is 18.1 Å². The van der Waals surface area contributed by atoms with Crippen LogP contribution < -0.4 is 5.84 Å². The van der Waals surface area contributed by atoms with Gasteiger partial charge in [-0.1, -0.05) is 26.7 Å². The molecule has 2 heteroatoms. The zero-order chi connectivity index (χ0) is 9.03. The van der Waals surface area contributed by atoms with E-state index in [1.54, 1.807) is 0 Å². The Labute approximate surface area is 76.1 Å². The van der Waals surface area contributed by atoms with Crippen LogP contribution in [0, 0.1) is 5.41 Å². The summed E-state index contributed by atoms with van der Waals surface area (Å²) in [5, 5.41) is 1.99. The first kappa shape index (κ1) is 10.0. The van der Waals surface area contributed by atoms with Gasteiger partial charge in [-0.2, -0.15) is 0 Å². The molecule has 2 rings (SSSR count). The Hall–Kier alpha value is -0.0800. The summed E-state index contributed by atoms with van der Waals surface area (Å²) in [4.78, 5) is 0. The van der Waals surface area contributed by atoms with Crippen LogP contribution in [0.15, 0.2) is 0 Å². The molecule has 1 spiro atoms. The fourth-order valence-corrected chi connectivity index (χ4v) is 2.50. The highest BCUT2D eigenvalue weighted by Crippen LogP contribution is 2.44. The van der Waals surface area contributed by atoms with Gasteiger partial charge >= 0.3 is 0 Å². The Morgan fingerprint density at radius 2 is 1.67 bits per heavy atom. The molecule has 0 amide bonds. The van der Waals surface area contributed by atoms with Crippen LogP contribution in [0.1, 0.15) is 46.0 Å². The topological polar surface area (TPSA) is 29.3 Å². The lowest BCUT2D eigenvalue weighted by molar-refractivity contribution is 0.266. The van der Waals surface area contributed by atoms with E-state index < -0.39 is 0 Å². The van der Waals surface area contributed by atoms with Gasteiger partial charge in [0.25, 0.3) is 0 Å². The maximum Gasteiger partial charge on any atom is 0.0185 e. The molecule has 72 valence electrons. The van der Waals surface area contributed by atoms with Gasteiger partial charge in [-0.05, 0) is 24.7 Å². The summed E-state index contributed by atoms with van der Waals surface area (Å²) < 4.78 is 0. The second kappa shape index (κ2) is 4.24. The molecule has 1 saturated carbocycles. The summed E-state index contributed by atoms with van der Waals surface area (Å²) in [6.07, 6.45) is 7.09. The first-order valence-electron chi connectivity index (χ1n) is 5.30. The Balaban J connectivity index is 0.000000336. The van der Waals surface area contributed by atoms with Crippen molar-refractivity contribution < 1.29 is 0 Å². The molecule has 1 saturated heterocycles. The molecule has 1 aliphatic carbocycles. The summed E-state index contributed by atoms with van der Waals surface area (Å²) in [6.45, 7) is 6.28. The van der Waals surface area contributed by atoms with E-state index in [4.69, 9.17) is 5.84 Å². The van der Waals surface area contributed by atoms with Crippen molar-refractivity contribution in [2.24, 2.45) is 11.3 Å². The first-order chi connectivity index (χ1) is 5.81. The minimum absolute atomic E-state index is 0.661. The highest BCUT2D eigenvalue weighted by Gasteiger charge is 2.38. The minimum Gasteiger partial charge on any atom is -0.269 e. The predicted octanol–water partition coefficient (Wildman–Crippen LogP) is 2.15. The van der Waals surface area contributed by atoms with Crippen LogP contribution in [0.4, 0.5) is 0 Å². The predicted molar refractivity (Wildman–Crippen MR) is 52.6 cm³/mol. The highest BCUT2D eigenvalue weighted by molar-refractivity contribution is 4.91. The van der Waals surface area contributed by atoms with Gasteiger partial charge in [0.15, 0.2) is 0 Å². The zero-order valence-corrected chi connectivity index (χ0v) is 8.47. The fraction of sp³-hybridized carbons (Fsp3) is 1.00. The third-order valence-corrected chi connectivity index (χ3v) is 3.13. The number of hydrazine groups is 1. The average Bonchev–Trinajstić information content (AvgIpc) is 2.68. The van der Waals surface area contributed by atoms with Gasteiger partial charge in [0.2, 0.25) is 0 Å². The van der Waals surface area contributed by atoms with Crippen LogP contribution in [0.2, 0.25) is 0 Å². The minimum atomic E-state index is 0.661. The van der Waals surface area contributed by atoms with E-state index in [1.165, 1.54) is 32.1 Å². The van der Waals surface area contributed by atoms with E-state index in [0.29, 0.717) is 5.41 Å². The van der Waals surface area contributed by atoms with Crippen LogP contribution in [0.5, 0.6) is 0 Å². The van der Waals surface area contributed by atoms with Gasteiger partial charge in [0, 0.05) is 13.1 Å². The van der Waals surface area contributed by atoms with Gasteiger partial charge in [-0.3, -0.25) is 5.84 Å². The number of nitrogens with zero attached hydrogens (tertiary/aromatic N) is 1. The van der Waals surface area contributed by atoms with Crippen molar-refractivity contribution in [1.82, 2.24) is 5.01 Å². The molecule has 1 heterocycles. The largest absolute Gasteiger partial charge is 0.269 e. The van der Waals surface area contributed by atoms with Crippen molar-refractivity contribution in [2.45, 2.75) is 46.0 Å². The summed E-state index contributed by atoms with van der Waals surface area (Å²) in [7, 11) is 0.